The second kappa shape index (κ2) is 5.02. The summed E-state index contributed by atoms with van der Waals surface area (Å²) in [6.45, 7) is 3.17. The van der Waals surface area contributed by atoms with Gasteiger partial charge in [0.05, 0.1) is 5.92 Å². The van der Waals surface area contributed by atoms with Crippen LogP contribution in [-0.2, 0) is 4.79 Å². The fraction of sp³-hybridized carbons (Fsp3) is 0.500. The molecule has 1 amide bonds. The summed E-state index contributed by atoms with van der Waals surface area (Å²) in [6, 6.07) is 5.29. The molecule has 0 radical (unpaired) electrons. The Morgan fingerprint density at radius 1 is 1.33 bits per heavy atom. The lowest BCUT2D eigenvalue weighted by Gasteiger charge is -2.33. The molecule has 1 aromatic rings. The maximum absolute atomic E-state index is 12.5. The number of carboxylic acid groups (broad SMARTS) is 1. The first-order valence-electron chi connectivity index (χ1n) is 7.21. The third-order valence-corrected chi connectivity index (χ3v) is 5.19. The van der Waals surface area contributed by atoms with Crippen molar-refractivity contribution in [1.29, 1.82) is 0 Å². The summed E-state index contributed by atoms with van der Waals surface area (Å²) >= 11 is 5.92. The fourth-order valence-electron chi connectivity index (χ4n) is 3.44. The minimum absolute atomic E-state index is 0.0199. The summed E-state index contributed by atoms with van der Waals surface area (Å²) in [7, 11) is 0. The maximum atomic E-state index is 12.5. The average molecular weight is 308 g/mol. The van der Waals surface area contributed by atoms with E-state index in [0.29, 0.717) is 23.7 Å². The van der Waals surface area contributed by atoms with Gasteiger partial charge < -0.3 is 10.0 Å². The molecule has 21 heavy (non-hydrogen) atoms. The lowest BCUT2D eigenvalue weighted by atomic mass is 9.90. The monoisotopic (exact) mass is 307 g/mol. The van der Waals surface area contributed by atoms with Crippen LogP contribution in [0.25, 0.3) is 0 Å². The van der Waals surface area contributed by atoms with Crippen molar-refractivity contribution in [2.24, 2.45) is 11.3 Å². The van der Waals surface area contributed by atoms with Crippen molar-refractivity contribution >= 4 is 23.5 Å². The number of aryl methyl sites for hydroxylation is 1. The van der Waals surface area contributed by atoms with E-state index in [1.807, 2.05) is 11.8 Å². The highest BCUT2D eigenvalue weighted by Gasteiger charge is 2.59. The van der Waals surface area contributed by atoms with Crippen LogP contribution in [0.3, 0.4) is 0 Å². The number of nitrogens with zero attached hydrogens (tertiary/aromatic N) is 1. The van der Waals surface area contributed by atoms with Gasteiger partial charge in [-0.1, -0.05) is 11.6 Å². The number of piperidine rings is 1. The molecule has 1 heterocycles. The van der Waals surface area contributed by atoms with Crippen LogP contribution < -0.4 is 0 Å². The Morgan fingerprint density at radius 2 is 2.00 bits per heavy atom. The first-order valence-corrected chi connectivity index (χ1v) is 7.59. The van der Waals surface area contributed by atoms with Crippen molar-refractivity contribution in [2.45, 2.75) is 26.2 Å². The molecule has 0 unspecified atom stereocenters. The van der Waals surface area contributed by atoms with Crippen molar-refractivity contribution in [3.05, 3.63) is 34.3 Å². The number of halogens is 1. The summed E-state index contributed by atoms with van der Waals surface area (Å²) < 4.78 is 0. The zero-order chi connectivity index (χ0) is 15.2. The Hall–Kier alpha value is -1.55. The average Bonchev–Trinajstić information content (AvgIpc) is 3.13. The lowest BCUT2D eigenvalue weighted by Crippen LogP contribution is -2.40. The van der Waals surface area contributed by atoms with Crippen LogP contribution in [0.2, 0.25) is 5.02 Å². The zero-order valence-electron chi connectivity index (χ0n) is 11.9. The maximum Gasteiger partial charge on any atom is 0.307 e. The van der Waals surface area contributed by atoms with E-state index >= 15 is 0 Å². The standard InChI is InChI=1S/C16H18ClNO3/c1-10-8-11(17)2-3-12(10)14(19)18-6-4-16(5-7-18)9-13(16)15(20)21/h2-3,8,13H,4-7,9H2,1H3,(H,20,21)/t13-/m0/s1. The van der Waals surface area contributed by atoms with Gasteiger partial charge in [-0.25, -0.2) is 0 Å². The SMILES string of the molecule is Cc1cc(Cl)ccc1C(=O)N1CCC2(CC1)C[C@H]2C(=O)O. The Kier molecular flexibility index (Phi) is 3.44. The Morgan fingerprint density at radius 3 is 2.52 bits per heavy atom. The Labute approximate surface area is 128 Å². The van der Waals surface area contributed by atoms with Crippen LogP contribution in [0.4, 0.5) is 0 Å². The van der Waals surface area contributed by atoms with Crippen LogP contribution >= 0.6 is 11.6 Å². The van der Waals surface area contributed by atoms with Crippen molar-refractivity contribution in [3.63, 3.8) is 0 Å². The number of carboxylic acids is 1. The quantitative estimate of drug-likeness (QED) is 0.914. The first-order chi connectivity index (χ1) is 9.93. The van der Waals surface area contributed by atoms with Gasteiger partial charge in [0.15, 0.2) is 0 Å². The summed E-state index contributed by atoms with van der Waals surface area (Å²) in [6.07, 6.45) is 2.36. The van der Waals surface area contributed by atoms with E-state index in [9.17, 15) is 9.59 Å². The highest BCUT2D eigenvalue weighted by atomic mass is 35.5. The number of hydrogen-bond acceptors (Lipinski definition) is 2. The molecule has 1 aliphatic carbocycles. The van der Waals surface area contributed by atoms with Crippen LogP contribution in [0.5, 0.6) is 0 Å². The Balaban J connectivity index is 1.67. The molecule has 2 aliphatic rings. The van der Waals surface area contributed by atoms with E-state index in [0.717, 1.165) is 24.8 Å². The van der Waals surface area contributed by atoms with Gasteiger partial charge in [0.2, 0.25) is 0 Å². The summed E-state index contributed by atoms with van der Waals surface area (Å²) in [5.74, 6) is -0.873. The van der Waals surface area contributed by atoms with Crippen LogP contribution in [0.15, 0.2) is 18.2 Å². The molecule has 2 fully saturated rings. The predicted molar refractivity (Wildman–Crippen MR) is 79.5 cm³/mol. The van der Waals surface area contributed by atoms with Crippen LogP contribution in [0.1, 0.15) is 35.2 Å². The largest absolute Gasteiger partial charge is 0.481 e. The second-order valence-corrected chi connectivity index (χ2v) is 6.65. The lowest BCUT2D eigenvalue weighted by molar-refractivity contribution is -0.139. The zero-order valence-corrected chi connectivity index (χ0v) is 12.7. The van der Waals surface area contributed by atoms with Gasteiger partial charge in [-0.3, -0.25) is 9.59 Å². The van der Waals surface area contributed by atoms with Crippen molar-refractivity contribution in [1.82, 2.24) is 4.90 Å². The topological polar surface area (TPSA) is 57.6 Å². The van der Waals surface area contributed by atoms with E-state index in [2.05, 4.69) is 0 Å². The molecule has 1 N–H and O–H groups in total. The van der Waals surface area contributed by atoms with Crippen LogP contribution in [0, 0.1) is 18.3 Å². The van der Waals surface area contributed by atoms with Crippen molar-refractivity contribution in [2.75, 3.05) is 13.1 Å². The number of rotatable bonds is 2. The number of carbonyl (C=O) groups excluding carboxylic acids is 1. The number of amides is 1. The number of hydrogen-bond donors (Lipinski definition) is 1. The second-order valence-electron chi connectivity index (χ2n) is 6.21. The first kappa shape index (κ1) is 14.4. The molecular formula is C16H18ClNO3. The fourth-order valence-corrected chi connectivity index (χ4v) is 3.67. The van der Waals surface area contributed by atoms with Gasteiger partial charge >= 0.3 is 5.97 Å². The molecular weight excluding hydrogens is 290 g/mol. The molecule has 1 atom stereocenters. The van der Waals surface area contributed by atoms with Gasteiger partial charge in [-0.2, -0.15) is 0 Å². The third-order valence-electron chi connectivity index (χ3n) is 4.95. The van der Waals surface area contributed by atoms with Gasteiger partial charge in [-0.15, -0.1) is 0 Å². The minimum Gasteiger partial charge on any atom is -0.481 e. The molecule has 1 aromatic carbocycles. The Bertz CT molecular complexity index is 606. The normalized spacial score (nSPS) is 23.1. The summed E-state index contributed by atoms with van der Waals surface area (Å²) in [5, 5.41) is 9.72. The molecule has 0 aromatic heterocycles. The molecule has 1 saturated carbocycles. The smallest absolute Gasteiger partial charge is 0.307 e. The van der Waals surface area contributed by atoms with Gasteiger partial charge in [-0.05, 0) is 55.4 Å². The number of carbonyl (C=O) groups is 2. The highest BCUT2D eigenvalue weighted by molar-refractivity contribution is 6.30. The minimum atomic E-state index is -0.691. The predicted octanol–water partition coefficient (Wildman–Crippen LogP) is 2.98. The third kappa shape index (κ3) is 2.53. The van der Waals surface area contributed by atoms with Crippen molar-refractivity contribution in [3.8, 4) is 0 Å². The molecule has 1 saturated heterocycles. The van der Waals surface area contributed by atoms with E-state index in [4.69, 9.17) is 16.7 Å². The van der Waals surface area contributed by atoms with E-state index in [-0.39, 0.29) is 17.2 Å². The van der Waals surface area contributed by atoms with Gasteiger partial charge in [0.1, 0.15) is 0 Å². The number of likely N-dealkylation sites (tertiary alicyclic amines) is 1. The number of benzene rings is 1. The highest BCUT2D eigenvalue weighted by Crippen LogP contribution is 2.59. The van der Waals surface area contributed by atoms with E-state index in [1.54, 1.807) is 18.2 Å². The van der Waals surface area contributed by atoms with E-state index in [1.165, 1.54) is 0 Å². The number of aliphatic carboxylic acids is 1. The summed E-state index contributed by atoms with van der Waals surface area (Å²) in [4.78, 5) is 25.4. The molecule has 4 nitrogen and oxygen atoms in total. The van der Waals surface area contributed by atoms with Gasteiger partial charge in [0, 0.05) is 23.7 Å². The van der Waals surface area contributed by atoms with Crippen molar-refractivity contribution < 1.29 is 14.7 Å². The van der Waals surface area contributed by atoms with Gasteiger partial charge in [0.25, 0.3) is 5.91 Å². The molecule has 0 bridgehead atoms. The summed E-state index contributed by atoms with van der Waals surface area (Å²) in [5.41, 5.74) is 1.51. The molecule has 112 valence electrons. The van der Waals surface area contributed by atoms with E-state index < -0.39 is 5.97 Å². The molecule has 5 heteroatoms. The van der Waals surface area contributed by atoms with Crippen LogP contribution in [-0.4, -0.2) is 35.0 Å². The molecule has 3 rings (SSSR count). The molecule has 1 spiro atoms. The molecule has 1 aliphatic heterocycles.